The highest BCUT2D eigenvalue weighted by Crippen LogP contribution is 2.41. The summed E-state index contributed by atoms with van der Waals surface area (Å²) in [4.78, 5) is 25.1. The molecule has 0 aliphatic heterocycles. The second-order valence-electron chi connectivity index (χ2n) is 10.1. The number of nitrogens with zero attached hydrogens (tertiary/aromatic N) is 2. The Balaban J connectivity index is 1.63. The van der Waals surface area contributed by atoms with Crippen molar-refractivity contribution in [3.05, 3.63) is 119 Å². The smallest absolute Gasteiger partial charge is 0.309 e. The van der Waals surface area contributed by atoms with Crippen LogP contribution in [0.25, 0.3) is 28.1 Å². The highest BCUT2D eigenvalue weighted by Gasteiger charge is 2.25. The first-order chi connectivity index (χ1) is 19.2. The Morgan fingerprint density at radius 2 is 1.43 bits per heavy atom. The first-order valence-electron chi connectivity index (χ1n) is 13.1. The molecule has 5 aromatic rings. The molecule has 0 saturated carbocycles. The fraction of sp³-hybridized carbons (Fsp3) is 0.147. The summed E-state index contributed by atoms with van der Waals surface area (Å²) in [5.41, 5.74) is 9.41. The number of amides is 1. The Kier molecular flexibility index (Phi) is 7.34. The van der Waals surface area contributed by atoms with Gasteiger partial charge in [-0.25, -0.2) is 0 Å². The quantitative estimate of drug-likeness (QED) is 0.230. The number of rotatable bonds is 6. The van der Waals surface area contributed by atoms with Gasteiger partial charge in [0.1, 0.15) is 5.69 Å². The fourth-order valence-electron chi connectivity index (χ4n) is 4.80. The van der Waals surface area contributed by atoms with Gasteiger partial charge in [0.05, 0.1) is 11.3 Å². The van der Waals surface area contributed by atoms with E-state index >= 15 is 0 Å². The van der Waals surface area contributed by atoms with Crippen LogP contribution in [0.15, 0.2) is 91.0 Å². The Bertz CT molecular complexity index is 1730. The molecule has 200 valence electrons. The van der Waals surface area contributed by atoms with Crippen LogP contribution >= 0.6 is 0 Å². The number of hydrogen-bond donors (Lipinski definition) is 1. The molecule has 5 rings (SSSR count). The number of benzene rings is 4. The summed E-state index contributed by atoms with van der Waals surface area (Å²) in [5, 5.41) is 7.96. The highest BCUT2D eigenvalue weighted by molar-refractivity contribution is 6.04. The van der Waals surface area contributed by atoms with Gasteiger partial charge in [0.15, 0.2) is 0 Å². The monoisotopic (exact) mass is 529 g/mol. The van der Waals surface area contributed by atoms with Crippen molar-refractivity contribution in [3.8, 4) is 34.0 Å². The van der Waals surface area contributed by atoms with Gasteiger partial charge in [-0.05, 0) is 75.2 Å². The molecule has 0 spiro atoms. The van der Waals surface area contributed by atoms with Crippen molar-refractivity contribution in [2.75, 3.05) is 5.32 Å². The summed E-state index contributed by atoms with van der Waals surface area (Å²) in [6.07, 6.45) is 0. The van der Waals surface area contributed by atoms with Crippen LogP contribution in [0.1, 0.15) is 39.5 Å². The summed E-state index contributed by atoms with van der Waals surface area (Å²) in [7, 11) is 0. The summed E-state index contributed by atoms with van der Waals surface area (Å²) < 4.78 is 7.56. The summed E-state index contributed by atoms with van der Waals surface area (Å²) in [6, 6.07) is 29.1. The normalized spacial score (nSPS) is 10.8. The Hall–Kier alpha value is -4.97. The molecule has 0 saturated heterocycles. The second kappa shape index (κ2) is 11.0. The molecule has 4 aromatic carbocycles. The van der Waals surface area contributed by atoms with Crippen LogP contribution in [-0.4, -0.2) is 21.7 Å². The van der Waals surface area contributed by atoms with Crippen LogP contribution in [-0.2, 0) is 4.79 Å². The molecular formula is C34H31N3O3. The van der Waals surface area contributed by atoms with Crippen molar-refractivity contribution in [3.63, 3.8) is 0 Å². The maximum absolute atomic E-state index is 12.8. The van der Waals surface area contributed by atoms with Crippen molar-refractivity contribution >= 4 is 17.6 Å². The summed E-state index contributed by atoms with van der Waals surface area (Å²) >= 11 is 0. The maximum Gasteiger partial charge on any atom is 0.309 e. The lowest BCUT2D eigenvalue weighted by Crippen LogP contribution is -2.11. The Morgan fingerprint density at radius 3 is 2.08 bits per heavy atom. The molecule has 6 nitrogen and oxygen atoms in total. The second-order valence-corrected chi connectivity index (χ2v) is 10.1. The number of aromatic nitrogens is 2. The number of anilines is 1. The van der Waals surface area contributed by atoms with Crippen molar-refractivity contribution < 1.29 is 14.3 Å². The van der Waals surface area contributed by atoms with Gasteiger partial charge < -0.3 is 10.1 Å². The van der Waals surface area contributed by atoms with E-state index in [1.807, 2.05) is 100 Å². The third-order valence-corrected chi connectivity index (χ3v) is 6.67. The molecular weight excluding hydrogens is 498 g/mol. The van der Waals surface area contributed by atoms with Gasteiger partial charge in [-0.2, -0.15) is 9.78 Å². The van der Waals surface area contributed by atoms with E-state index in [2.05, 4.69) is 17.4 Å². The van der Waals surface area contributed by atoms with Crippen LogP contribution in [0.3, 0.4) is 0 Å². The minimum atomic E-state index is -0.440. The van der Waals surface area contributed by atoms with E-state index in [1.165, 1.54) is 6.92 Å². The van der Waals surface area contributed by atoms with Gasteiger partial charge in [-0.3, -0.25) is 9.59 Å². The van der Waals surface area contributed by atoms with Crippen LogP contribution in [0.4, 0.5) is 5.69 Å². The predicted molar refractivity (Wildman–Crippen MR) is 159 cm³/mol. The third-order valence-electron chi connectivity index (χ3n) is 6.67. The Morgan fingerprint density at radius 1 is 0.750 bits per heavy atom. The predicted octanol–water partition coefficient (Wildman–Crippen LogP) is 7.62. The average Bonchev–Trinajstić information content (AvgIpc) is 3.27. The fourth-order valence-corrected chi connectivity index (χ4v) is 4.80. The van der Waals surface area contributed by atoms with Crippen molar-refractivity contribution in [2.45, 2.75) is 34.6 Å². The molecule has 0 atom stereocenters. The highest BCUT2D eigenvalue weighted by atomic mass is 16.5. The molecule has 0 fully saturated rings. The maximum atomic E-state index is 12.8. The van der Waals surface area contributed by atoms with E-state index < -0.39 is 5.97 Å². The van der Waals surface area contributed by atoms with Crippen LogP contribution in [0.2, 0.25) is 0 Å². The lowest BCUT2D eigenvalue weighted by atomic mass is 9.99. The van der Waals surface area contributed by atoms with E-state index in [9.17, 15) is 9.59 Å². The van der Waals surface area contributed by atoms with Gasteiger partial charge in [0, 0.05) is 23.7 Å². The average molecular weight is 530 g/mol. The first-order valence-corrected chi connectivity index (χ1v) is 13.1. The van der Waals surface area contributed by atoms with Gasteiger partial charge >= 0.3 is 5.97 Å². The number of carbonyl (C=O) groups excluding carboxylic acids is 2. The molecule has 1 N–H and O–H groups in total. The van der Waals surface area contributed by atoms with E-state index in [0.717, 1.165) is 39.1 Å². The van der Waals surface area contributed by atoms with Gasteiger partial charge in [0.2, 0.25) is 5.88 Å². The molecule has 0 aliphatic rings. The molecule has 1 heterocycles. The van der Waals surface area contributed by atoms with Gasteiger partial charge in [-0.1, -0.05) is 71.3 Å². The van der Waals surface area contributed by atoms with E-state index in [1.54, 1.807) is 10.7 Å². The SMILES string of the molecule is CC(=O)Oc1c(-c2ccc(NC(=O)c3cccc(C)c3)cc2)c(-c2cccc(C)c2)nn1-c1ccc(C)cc1C. The first kappa shape index (κ1) is 26.6. The minimum absolute atomic E-state index is 0.180. The van der Waals surface area contributed by atoms with Crippen LogP contribution < -0.4 is 10.1 Å². The molecule has 0 bridgehead atoms. The minimum Gasteiger partial charge on any atom is -0.407 e. The van der Waals surface area contributed by atoms with Crippen molar-refractivity contribution in [2.24, 2.45) is 0 Å². The van der Waals surface area contributed by atoms with Crippen molar-refractivity contribution in [1.29, 1.82) is 0 Å². The van der Waals surface area contributed by atoms with E-state index in [0.29, 0.717) is 28.4 Å². The van der Waals surface area contributed by atoms with E-state index in [-0.39, 0.29) is 5.91 Å². The molecule has 40 heavy (non-hydrogen) atoms. The molecule has 0 aliphatic carbocycles. The lowest BCUT2D eigenvalue weighted by molar-refractivity contribution is -0.132. The zero-order chi connectivity index (χ0) is 28.4. The zero-order valence-electron chi connectivity index (χ0n) is 23.3. The van der Waals surface area contributed by atoms with Crippen LogP contribution in [0.5, 0.6) is 5.88 Å². The summed E-state index contributed by atoms with van der Waals surface area (Å²) in [5.74, 6) is -0.280. The molecule has 0 unspecified atom stereocenters. The van der Waals surface area contributed by atoms with E-state index in [4.69, 9.17) is 9.84 Å². The number of aryl methyl sites for hydroxylation is 4. The topological polar surface area (TPSA) is 73.2 Å². The number of ether oxygens (including phenoxy) is 1. The van der Waals surface area contributed by atoms with Crippen LogP contribution in [0, 0.1) is 27.7 Å². The standard InChI is InChI=1S/C34H31N3O3/c1-21-8-6-10-27(19-21)32-31(34(40-25(5)38)37(36-32)30-17-12-23(3)18-24(30)4)26-13-15-29(16-14-26)35-33(39)28-11-7-9-22(2)20-28/h6-20H,1-5H3,(H,35,39). The molecule has 1 aromatic heterocycles. The summed E-state index contributed by atoms with van der Waals surface area (Å²) in [6.45, 7) is 9.42. The third kappa shape index (κ3) is 5.57. The number of hydrogen-bond acceptors (Lipinski definition) is 4. The lowest BCUT2D eigenvalue weighted by Gasteiger charge is -2.12. The largest absolute Gasteiger partial charge is 0.407 e. The number of nitrogens with one attached hydrogen (secondary N) is 1. The zero-order valence-corrected chi connectivity index (χ0v) is 23.3. The molecule has 1 amide bonds. The molecule has 6 heteroatoms. The Labute approximate surface area is 234 Å². The number of esters is 1. The van der Waals surface area contributed by atoms with Gasteiger partial charge in [0.25, 0.3) is 5.91 Å². The molecule has 0 radical (unpaired) electrons. The van der Waals surface area contributed by atoms with Gasteiger partial charge in [-0.15, -0.1) is 0 Å². The number of carbonyl (C=O) groups is 2. The van der Waals surface area contributed by atoms with Crippen molar-refractivity contribution in [1.82, 2.24) is 9.78 Å².